The topological polar surface area (TPSA) is 34.2 Å². The standard InChI is InChI=1S/C16H24N2O/c1-11(2)19-15-12(3)4-5-14(18-15)6-13-7-16(8-13)9-17-10-16/h4-5,11,13,17H,6-10H2,1-3H3. The summed E-state index contributed by atoms with van der Waals surface area (Å²) in [6.07, 6.45) is 4.04. The average Bonchev–Trinajstić information content (AvgIpc) is 2.24. The Labute approximate surface area is 115 Å². The van der Waals surface area contributed by atoms with Crippen LogP contribution in [0.2, 0.25) is 0 Å². The molecule has 19 heavy (non-hydrogen) atoms. The van der Waals surface area contributed by atoms with Crippen molar-refractivity contribution < 1.29 is 4.74 Å². The lowest BCUT2D eigenvalue weighted by Crippen LogP contribution is -2.60. The van der Waals surface area contributed by atoms with Gasteiger partial charge in [0.2, 0.25) is 5.88 Å². The number of aryl methyl sites for hydroxylation is 1. The third kappa shape index (κ3) is 2.62. The van der Waals surface area contributed by atoms with E-state index in [0.717, 1.165) is 23.8 Å². The van der Waals surface area contributed by atoms with Crippen LogP contribution in [0.4, 0.5) is 0 Å². The summed E-state index contributed by atoms with van der Waals surface area (Å²) in [7, 11) is 0. The molecule has 0 aromatic carbocycles. The number of pyridine rings is 1. The van der Waals surface area contributed by atoms with E-state index < -0.39 is 0 Å². The fourth-order valence-electron chi connectivity index (χ4n) is 3.38. The summed E-state index contributed by atoms with van der Waals surface area (Å²) in [5, 5.41) is 3.39. The monoisotopic (exact) mass is 260 g/mol. The molecule has 2 aliphatic rings. The van der Waals surface area contributed by atoms with Crippen molar-refractivity contribution in [2.75, 3.05) is 13.1 Å². The molecule has 3 nitrogen and oxygen atoms in total. The van der Waals surface area contributed by atoms with Gasteiger partial charge < -0.3 is 10.1 Å². The molecule has 1 saturated carbocycles. The average molecular weight is 260 g/mol. The second-order valence-corrected chi connectivity index (χ2v) is 6.67. The van der Waals surface area contributed by atoms with Gasteiger partial charge in [0.1, 0.15) is 0 Å². The molecule has 1 N–H and O–H groups in total. The van der Waals surface area contributed by atoms with Crippen LogP contribution in [-0.2, 0) is 6.42 Å². The molecule has 1 spiro atoms. The molecule has 3 heteroatoms. The molecule has 104 valence electrons. The van der Waals surface area contributed by atoms with E-state index in [1.165, 1.54) is 31.6 Å². The fraction of sp³-hybridized carbons (Fsp3) is 0.688. The van der Waals surface area contributed by atoms with Crippen molar-refractivity contribution in [1.82, 2.24) is 10.3 Å². The summed E-state index contributed by atoms with van der Waals surface area (Å²) in [5.41, 5.74) is 2.98. The van der Waals surface area contributed by atoms with Crippen LogP contribution >= 0.6 is 0 Å². The Bertz CT molecular complexity index is 458. The molecule has 1 aliphatic carbocycles. The van der Waals surface area contributed by atoms with Gasteiger partial charge in [-0.1, -0.05) is 6.07 Å². The quantitative estimate of drug-likeness (QED) is 0.904. The highest BCUT2D eigenvalue weighted by molar-refractivity contribution is 5.27. The van der Waals surface area contributed by atoms with E-state index in [-0.39, 0.29) is 6.10 Å². The lowest BCUT2D eigenvalue weighted by atomic mass is 9.57. The molecule has 0 amide bonds. The number of hydrogen-bond acceptors (Lipinski definition) is 3. The Morgan fingerprint density at radius 1 is 1.37 bits per heavy atom. The molecular formula is C16H24N2O. The molecule has 1 aliphatic heterocycles. The molecule has 0 unspecified atom stereocenters. The lowest BCUT2D eigenvalue weighted by molar-refractivity contribution is 0.000428. The van der Waals surface area contributed by atoms with Crippen LogP contribution in [0.25, 0.3) is 0 Å². The first-order chi connectivity index (χ1) is 9.06. The van der Waals surface area contributed by atoms with Gasteiger partial charge in [-0.2, -0.15) is 0 Å². The normalized spacial score (nSPS) is 21.3. The maximum Gasteiger partial charge on any atom is 0.216 e. The molecule has 1 aromatic rings. The van der Waals surface area contributed by atoms with Gasteiger partial charge in [0.15, 0.2) is 0 Å². The van der Waals surface area contributed by atoms with Crippen molar-refractivity contribution in [1.29, 1.82) is 0 Å². The second kappa shape index (κ2) is 4.78. The first-order valence-corrected chi connectivity index (χ1v) is 7.40. The van der Waals surface area contributed by atoms with Gasteiger partial charge in [-0.3, -0.25) is 0 Å². The molecule has 0 bridgehead atoms. The van der Waals surface area contributed by atoms with Crippen molar-refractivity contribution in [2.45, 2.75) is 46.1 Å². The maximum absolute atomic E-state index is 5.77. The number of ether oxygens (including phenoxy) is 1. The first-order valence-electron chi connectivity index (χ1n) is 7.40. The highest BCUT2D eigenvalue weighted by atomic mass is 16.5. The molecule has 2 fully saturated rings. The fourth-order valence-corrected chi connectivity index (χ4v) is 3.38. The number of hydrogen-bond donors (Lipinski definition) is 1. The zero-order chi connectivity index (χ0) is 13.5. The zero-order valence-corrected chi connectivity index (χ0v) is 12.2. The minimum atomic E-state index is 0.189. The van der Waals surface area contributed by atoms with Crippen molar-refractivity contribution in [3.63, 3.8) is 0 Å². The van der Waals surface area contributed by atoms with Gasteiger partial charge in [0.25, 0.3) is 0 Å². The minimum absolute atomic E-state index is 0.189. The summed E-state index contributed by atoms with van der Waals surface area (Å²) >= 11 is 0. The van der Waals surface area contributed by atoms with E-state index in [0.29, 0.717) is 5.41 Å². The van der Waals surface area contributed by atoms with Crippen LogP contribution in [0, 0.1) is 18.3 Å². The van der Waals surface area contributed by atoms with Crippen LogP contribution in [-0.4, -0.2) is 24.2 Å². The van der Waals surface area contributed by atoms with Crippen molar-refractivity contribution in [3.05, 3.63) is 23.4 Å². The SMILES string of the molecule is Cc1ccc(CC2CC3(CNC3)C2)nc1OC(C)C. The van der Waals surface area contributed by atoms with Gasteiger partial charge in [0.05, 0.1) is 6.10 Å². The van der Waals surface area contributed by atoms with Gasteiger partial charge in [-0.25, -0.2) is 4.98 Å². The first kappa shape index (κ1) is 12.9. The Kier molecular flexibility index (Phi) is 3.25. The van der Waals surface area contributed by atoms with Gasteiger partial charge in [0, 0.05) is 24.3 Å². The smallest absolute Gasteiger partial charge is 0.216 e. The Morgan fingerprint density at radius 3 is 2.68 bits per heavy atom. The summed E-state index contributed by atoms with van der Waals surface area (Å²) in [6.45, 7) is 8.62. The Balaban J connectivity index is 1.61. The zero-order valence-electron chi connectivity index (χ0n) is 12.2. The summed E-state index contributed by atoms with van der Waals surface area (Å²) in [6, 6.07) is 4.30. The summed E-state index contributed by atoms with van der Waals surface area (Å²) in [5.74, 6) is 1.64. The number of nitrogens with zero attached hydrogens (tertiary/aromatic N) is 1. The third-order valence-corrected chi connectivity index (χ3v) is 4.40. The van der Waals surface area contributed by atoms with Crippen LogP contribution in [0.1, 0.15) is 37.9 Å². The molecule has 1 aromatic heterocycles. The van der Waals surface area contributed by atoms with E-state index in [9.17, 15) is 0 Å². The molecular weight excluding hydrogens is 236 g/mol. The van der Waals surface area contributed by atoms with Crippen LogP contribution < -0.4 is 10.1 Å². The predicted octanol–water partition coefficient (Wildman–Crippen LogP) is 2.72. The van der Waals surface area contributed by atoms with Crippen molar-refractivity contribution in [3.8, 4) is 5.88 Å². The van der Waals surface area contributed by atoms with E-state index in [4.69, 9.17) is 4.74 Å². The highest BCUT2D eigenvalue weighted by Gasteiger charge is 2.47. The minimum Gasteiger partial charge on any atom is -0.475 e. The number of aromatic nitrogens is 1. The molecule has 1 saturated heterocycles. The molecule has 0 radical (unpaired) electrons. The second-order valence-electron chi connectivity index (χ2n) is 6.67. The highest BCUT2D eigenvalue weighted by Crippen LogP contribution is 2.49. The number of nitrogens with one attached hydrogen (secondary N) is 1. The Morgan fingerprint density at radius 2 is 2.11 bits per heavy atom. The molecule has 3 rings (SSSR count). The molecule has 2 heterocycles. The van der Waals surface area contributed by atoms with Crippen LogP contribution in [0.3, 0.4) is 0 Å². The Hall–Kier alpha value is -1.09. The van der Waals surface area contributed by atoms with E-state index in [1.807, 2.05) is 13.8 Å². The van der Waals surface area contributed by atoms with Crippen molar-refractivity contribution >= 4 is 0 Å². The predicted molar refractivity (Wildman–Crippen MR) is 76.5 cm³/mol. The lowest BCUT2D eigenvalue weighted by Gasteiger charge is -2.54. The van der Waals surface area contributed by atoms with Gasteiger partial charge >= 0.3 is 0 Å². The van der Waals surface area contributed by atoms with Crippen LogP contribution in [0.15, 0.2) is 12.1 Å². The van der Waals surface area contributed by atoms with E-state index >= 15 is 0 Å². The maximum atomic E-state index is 5.77. The van der Waals surface area contributed by atoms with Crippen molar-refractivity contribution in [2.24, 2.45) is 11.3 Å². The van der Waals surface area contributed by atoms with E-state index in [2.05, 4.69) is 29.4 Å². The molecule has 0 atom stereocenters. The van der Waals surface area contributed by atoms with Crippen LogP contribution in [0.5, 0.6) is 5.88 Å². The summed E-state index contributed by atoms with van der Waals surface area (Å²) in [4.78, 5) is 4.69. The van der Waals surface area contributed by atoms with Gasteiger partial charge in [-0.05, 0) is 57.4 Å². The number of rotatable bonds is 4. The largest absolute Gasteiger partial charge is 0.475 e. The van der Waals surface area contributed by atoms with E-state index in [1.54, 1.807) is 0 Å². The van der Waals surface area contributed by atoms with Gasteiger partial charge in [-0.15, -0.1) is 0 Å². The summed E-state index contributed by atoms with van der Waals surface area (Å²) < 4.78 is 5.77. The third-order valence-electron chi connectivity index (χ3n) is 4.40.